The Kier molecular flexibility index (Phi) is 0.705. The Morgan fingerprint density at radius 1 is 1.80 bits per heavy atom. The van der Waals surface area contributed by atoms with Crippen LogP contribution >= 0.6 is 11.9 Å². The number of hydrogen-bond donors (Lipinski definition) is 0. The normalized spacial score (nSPS) is 17.6. The monoisotopic (exact) mass is 86.0 g/mol. The van der Waals surface area contributed by atoms with Crippen LogP contribution in [0.1, 0.15) is 0 Å². The van der Waals surface area contributed by atoms with Crippen LogP contribution in [-0.4, -0.2) is 11.9 Å². The van der Waals surface area contributed by atoms with Gasteiger partial charge in [0.1, 0.15) is 0 Å². The van der Waals surface area contributed by atoms with Gasteiger partial charge in [-0.05, 0) is 4.99 Å². The van der Waals surface area contributed by atoms with Crippen molar-refractivity contribution in [3.8, 4) is 0 Å². The Morgan fingerprint density at radius 2 is 2.80 bits per heavy atom. The van der Waals surface area contributed by atoms with E-state index in [-0.39, 0.29) is 0 Å². The first kappa shape index (κ1) is 2.90. The van der Waals surface area contributed by atoms with Crippen molar-refractivity contribution in [1.29, 1.82) is 0 Å². The Morgan fingerprint density at radius 3 is 3.00 bits per heavy atom. The molecule has 1 radical (unpaired) electrons. The summed E-state index contributed by atoms with van der Waals surface area (Å²) in [5, 5.41) is 0. The summed E-state index contributed by atoms with van der Waals surface area (Å²) in [7, 11) is 0. The standard InChI is InChI=1S/C2H2N2S/c1-3-2-5-4-1/h1-2H/q+1. The fourth-order valence-corrected chi connectivity index (χ4v) is 0.408. The maximum Gasteiger partial charge on any atom is 0.337 e. The van der Waals surface area contributed by atoms with Crippen LogP contribution in [-0.2, 0) is 0 Å². The van der Waals surface area contributed by atoms with E-state index in [0.717, 1.165) is 0 Å². The van der Waals surface area contributed by atoms with Crippen LogP contribution in [0.2, 0.25) is 0 Å². The van der Waals surface area contributed by atoms with Crippen LogP contribution in [0, 0.1) is 0 Å². The summed E-state index contributed by atoms with van der Waals surface area (Å²) in [6.07, 6.45) is 1.52. The first-order chi connectivity index (χ1) is 2.50. The molecule has 1 aliphatic heterocycles. The van der Waals surface area contributed by atoms with Crippen molar-refractivity contribution >= 4 is 23.8 Å². The molecule has 0 spiro atoms. The first-order valence-electron chi connectivity index (χ1n) is 1.19. The van der Waals surface area contributed by atoms with E-state index in [9.17, 15) is 0 Å². The third kappa shape index (κ3) is 0.479. The van der Waals surface area contributed by atoms with Gasteiger partial charge in [0.05, 0.1) is 0 Å². The predicted octanol–water partition coefficient (Wildman–Crippen LogP) is 0.0406. The van der Waals surface area contributed by atoms with Gasteiger partial charge in [-0.1, -0.05) is 0 Å². The molecule has 5 heavy (non-hydrogen) atoms. The molecule has 0 saturated carbocycles. The number of rotatable bonds is 0. The van der Waals surface area contributed by atoms with Crippen LogP contribution in [0.25, 0.3) is 0 Å². The molecule has 2 nitrogen and oxygen atoms in total. The van der Waals surface area contributed by atoms with E-state index >= 15 is 0 Å². The van der Waals surface area contributed by atoms with E-state index in [2.05, 4.69) is 9.39 Å². The lowest BCUT2D eigenvalue weighted by molar-refractivity contribution is 1.62. The Bertz CT molecular complexity index is 65.7. The second-order valence-corrected chi connectivity index (χ2v) is 1.21. The molecular weight excluding hydrogens is 84.1 g/mol. The number of hydrogen-bond acceptors (Lipinski definition) is 3. The molecule has 1 aliphatic rings. The van der Waals surface area contributed by atoms with Crippen LogP contribution in [0.4, 0.5) is 0 Å². The van der Waals surface area contributed by atoms with Gasteiger partial charge < -0.3 is 0 Å². The highest BCUT2D eigenvalue weighted by atomic mass is 32.2. The van der Waals surface area contributed by atoms with Gasteiger partial charge >= 0.3 is 6.34 Å². The van der Waals surface area contributed by atoms with Gasteiger partial charge in [-0.15, -0.1) is 0 Å². The SMILES string of the molecule is C1=NSC=[N+]1. The third-order valence-electron chi connectivity index (χ3n) is 0.283. The summed E-state index contributed by atoms with van der Waals surface area (Å²) in [5.41, 5.74) is 1.68. The minimum absolute atomic E-state index is 1.35. The van der Waals surface area contributed by atoms with E-state index < -0.39 is 0 Å². The Labute approximate surface area is 34.1 Å². The Hall–Kier alpha value is -0.310. The Balaban J connectivity index is 2.61. The highest BCUT2D eigenvalue weighted by molar-refractivity contribution is 8.11. The van der Waals surface area contributed by atoms with Crippen molar-refractivity contribution in [2.45, 2.75) is 0 Å². The fraction of sp³-hybridized carbons (Fsp3) is 0. The number of aliphatic imine (C=N–C) groups is 1. The molecule has 0 saturated heterocycles. The van der Waals surface area contributed by atoms with E-state index in [4.69, 9.17) is 0 Å². The molecule has 25 valence electrons. The lowest BCUT2D eigenvalue weighted by Gasteiger charge is -1.38. The van der Waals surface area contributed by atoms with Gasteiger partial charge in [-0.25, -0.2) is 0 Å². The molecule has 0 aromatic heterocycles. The molecule has 0 aliphatic carbocycles. The highest BCUT2D eigenvalue weighted by Gasteiger charge is 1.92. The maximum atomic E-state index is 3.65. The summed E-state index contributed by atoms with van der Waals surface area (Å²) < 4.78 is 3.65. The van der Waals surface area contributed by atoms with Crippen molar-refractivity contribution in [2.75, 3.05) is 0 Å². The predicted molar refractivity (Wildman–Crippen MR) is 24.3 cm³/mol. The molecule has 0 unspecified atom stereocenters. The van der Waals surface area contributed by atoms with Crippen LogP contribution in [0.15, 0.2) is 4.40 Å². The second kappa shape index (κ2) is 1.21. The number of nitrogens with zero attached hydrogens (tertiary/aromatic N) is 2. The molecule has 0 aromatic rings. The van der Waals surface area contributed by atoms with Crippen molar-refractivity contribution in [2.24, 2.45) is 4.40 Å². The van der Waals surface area contributed by atoms with Gasteiger partial charge in [0.25, 0.3) is 0 Å². The molecule has 0 atom stereocenters. The first-order valence-corrected chi connectivity index (χ1v) is 2.03. The maximum absolute atomic E-state index is 3.65. The van der Waals surface area contributed by atoms with Crippen molar-refractivity contribution in [1.82, 2.24) is 4.99 Å². The fourth-order valence-electron chi connectivity index (χ4n) is 0.136. The lowest BCUT2D eigenvalue weighted by Crippen LogP contribution is -1.71. The average molecular weight is 86.1 g/mol. The molecular formula is C2H2N2S+. The van der Waals surface area contributed by atoms with Gasteiger partial charge in [0.2, 0.25) is 5.55 Å². The van der Waals surface area contributed by atoms with E-state index in [1.807, 2.05) is 0 Å². The molecule has 1 rings (SSSR count). The zero-order valence-electron chi connectivity index (χ0n) is 2.46. The molecule has 0 bridgehead atoms. The van der Waals surface area contributed by atoms with Crippen LogP contribution in [0.5, 0.6) is 0 Å². The zero-order chi connectivity index (χ0) is 3.54. The highest BCUT2D eigenvalue weighted by Crippen LogP contribution is 1.93. The van der Waals surface area contributed by atoms with Gasteiger partial charge in [-0.3, -0.25) is 0 Å². The average Bonchev–Trinajstić information content (AvgIpc) is 1.76. The van der Waals surface area contributed by atoms with E-state index in [1.165, 1.54) is 18.3 Å². The lowest BCUT2D eigenvalue weighted by atomic mass is 11.3. The summed E-state index contributed by atoms with van der Waals surface area (Å²) >= 11 is 1.35. The summed E-state index contributed by atoms with van der Waals surface area (Å²) in [6.45, 7) is 0. The molecule has 0 amide bonds. The second-order valence-electron chi connectivity index (χ2n) is 0.581. The smallest absolute Gasteiger partial charge is 0.0413 e. The molecule has 0 N–H and O–H groups in total. The van der Waals surface area contributed by atoms with Crippen molar-refractivity contribution in [3.05, 3.63) is 0 Å². The van der Waals surface area contributed by atoms with Crippen LogP contribution < -0.4 is 4.99 Å². The summed E-state index contributed by atoms with van der Waals surface area (Å²) in [5.74, 6) is 0. The minimum Gasteiger partial charge on any atom is -0.0413 e. The van der Waals surface area contributed by atoms with Crippen molar-refractivity contribution in [3.63, 3.8) is 0 Å². The van der Waals surface area contributed by atoms with Crippen LogP contribution in [0.3, 0.4) is 0 Å². The zero-order valence-corrected chi connectivity index (χ0v) is 3.27. The quantitative estimate of drug-likeness (QED) is 0.382. The molecule has 0 fully saturated rings. The molecule has 3 heteroatoms. The van der Waals surface area contributed by atoms with E-state index in [1.54, 1.807) is 5.55 Å². The third-order valence-corrected chi connectivity index (χ3v) is 0.715. The van der Waals surface area contributed by atoms with Gasteiger partial charge in [0, 0.05) is 4.40 Å². The minimum atomic E-state index is 1.35. The van der Waals surface area contributed by atoms with Gasteiger partial charge in [-0.2, -0.15) is 0 Å². The topological polar surface area (TPSA) is 26.5 Å². The summed E-state index contributed by atoms with van der Waals surface area (Å²) in [6, 6.07) is 0. The molecule has 1 heterocycles. The largest absolute Gasteiger partial charge is 0.337 e. The molecule has 0 aromatic carbocycles. The van der Waals surface area contributed by atoms with E-state index in [0.29, 0.717) is 0 Å². The van der Waals surface area contributed by atoms with Crippen molar-refractivity contribution < 1.29 is 0 Å². The summed E-state index contributed by atoms with van der Waals surface area (Å²) in [4.78, 5) is 3.63. The van der Waals surface area contributed by atoms with Gasteiger partial charge in [0.15, 0.2) is 11.9 Å².